The minimum Gasteiger partial charge on any atom is -0.480 e. The highest BCUT2D eigenvalue weighted by atomic mass is 19.4. The summed E-state index contributed by atoms with van der Waals surface area (Å²) in [4.78, 5) is 7.91. The molecule has 0 radical (unpaired) electrons. The van der Waals surface area contributed by atoms with Gasteiger partial charge in [0.25, 0.3) is 0 Å². The summed E-state index contributed by atoms with van der Waals surface area (Å²) in [6.07, 6.45) is -2.95. The lowest BCUT2D eigenvalue weighted by atomic mass is 9.95. The van der Waals surface area contributed by atoms with E-state index in [2.05, 4.69) is 9.97 Å². The molecule has 3 nitrogen and oxygen atoms in total. The molecule has 0 saturated heterocycles. The third kappa shape index (κ3) is 2.62. The average molecular weight is 270 g/mol. The molecular formula is C13H13F3N2O. The number of aromatic nitrogens is 2. The summed E-state index contributed by atoms with van der Waals surface area (Å²) >= 11 is 0. The Morgan fingerprint density at radius 3 is 2.58 bits per heavy atom. The molecule has 2 aromatic rings. The van der Waals surface area contributed by atoms with Gasteiger partial charge in [-0.3, -0.25) is 0 Å². The van der Waals surface area contributed by atoms with Crippen molar-refractivity contribution in [1.29, 1.82) is 0 Å². The number of halogens is 3. The lowest BCUT2D eigenvalue weighted by Crippen LogP contribution is -2.20. The number of nitrogens with zero attached hydrogens (tertiary/aromatic N) is 2. The molecule has 0 aliphatic rings. The van der Waals surface area contributed by atoms with Gasteiger partial charge in [-0.05, 0) is 24.1 Å². The van der Waals surface area contributed by atoms with Crippen molar-refractivity contribution in [2.45, 2.75) is 25.4 Å². The molecule has 6 heteroatoms. The van der Waals surface area contributed by atoms with Crippen LogP contribution in [0.3, 0.4) is 0 Å². The number of hydrogen-bond acceptors (Lipinski definition) is 3. The highest BCUT2D eigenvalue weighted by molar-refractivity contribution is 5.84. The van der Waals surface area contributed by atoms with Crippen molar-refractivity contribution >= 4 is 10.9 Å². The van der Waals surface area contributed by atoms with Gasteiger partial charge >= 0.3 is 6.18 Å². The minimum atomic E-state index is -4.26. The maximum atomic E-state index is 12.9. The van der Waals surface area contributed by atoms with Crippen LogP contribution in [0.1, 0.15) is 24.8 Å². The van der Waals surface area contributed by atoms with Gasteiger partial charge < -0.3 is 4.74 Å². The fraction of sp³-hybridized carbons (Fsp3) is 0.385. The maximum absolute atomic E-state index is 12.9. The summed E-state index contributed by atoms with van der Waals surface area (Å²) in [5, 5.41) is 0.491. The molecule has 0 N–H and O–H groups in total. The van der Waals surface area contributed by atoms with Crippen LogP contribution in [0.4, 0.5) is 13.2 Å². The lowest BCUT2D eigenvalue weighted by molar-refractivity contribution is -0.151. The van der Waals surface area contributed by atoms with E-state index in [4.69, 9.17) is 4.74 Å². The Balaban J connectivity index is 2.57. The Bertz CT molecular complexity index is 584. The van der Waals surface area contributed by atoms with E-state index in [1.807, 2.05) is 0 Å². The quantitative estimate of drug-likeness (QED) is 0.853. The van der Waals surface area contributed by atoms with Crippen LogP contribution in [-0.4, -0.2) is 23.3 Å². The second-order valence-corrected chi connectivity index (χ2v) is 4.16. The molecule has 0 aliphatic heterocycles. The molecule has 0 aliphatic carbocycles. The number of hydrogen-bond donors (Lipinski definition) is 0. The van der Waals surface area contributed by atoms with E-state index in [1.165, 1.54) is 32.5 Å². The number of fused-ring (bicyclic) bond motifs is 1. The molecule has 1 unspecified atom stereocenters. The molecule has 0 fully saturated rings. The van der Waals surface area contributed by atoms with E-state index < -0.39 is 12.1 Å². The Hall–Kier alpha value is -1.85. The van der Waals surface area contributed by atoms with E-state index in [-0.39, 0.29) is 17.9 Å². The summed E-state index contributed by atoms with van der Waals surface area (Å²) < 4.78 is 43.8. The molecule has 2 rings (SSSR count). The van der Waals surface area contributed by atoms with Crippen molar-refractivity contribution in [3.63, 3.8) is 0 Å². The molecule has 102 valence electrons. The first kappa shape index (κ1) is 13.6. The number of rotatable bonds is 3. The van der Waals surface area contributed by atoms with Crippen LogP contribution in [0.2, 0.25) is 0 Å². The standard InChI is InChI=1S/C13H13F3N2O/c1-3-10(13(14,15)16)8-4-5-11-9(6-8)12(19-2)18-7-17-11/h4-7,10H,3H2,1-2H3. The minimum absolute atomic E-state index is 0.00892. The van der Waals surface area contributed by atoms with Gasteiger partial charge in [0.15, 0.2) is 0 Å². The van der Waals surface area contributed by atoms with Crippen LogP contribution in [0.25, 0.3) is 10.9 Å². The van der Waals surface area contributed by atoms with Crippen LogP contribution >= 0.6 is 0 Å². The predicted octanol–water partition coefficient (Wildman–Crippen LogP) is 3.69. The Kier molecular flexibility index (Phi) is 3.59. The second kappa shape index (κ2) is 5.03. The van der Waals surface area contributed by atoms with Crippen LogP contribution in [0.5, 0.6) is 5.88 Å². The molecule has 1 atom stereocenters. The van der Waals surface area contributed by atoms with Crippen molar-refractivity contribution in [2.24, 2.45) is 0 Å². The molecule has 19 heavy (non-hydrogen) atoms. The van der Waals surface area contributed by atoms with E-state index in [1.54, 1.807) is 6.07 Å². The molecular weight excluding hydrogens is 257 g/mol. The fourth-order valence-electron chi connectivity index (χ4n) is 2.09. The fourth-order valence-corrected chi connectivity index (χ4v) is 2.09. The molecule has 0 bridgehead atoms. The average Bonchev–Trinajstić information content (AvgIpc) is 2.37. The van der Waals surface area contributed by atoms with Crippen molar-refractivity contribution in [3.8, 4) is 5.88 Å². The van der Waals surface area contributed by atoms with Gasteiger partial charge in [0.2, 0.25) is 5.88 Å². The van der Waals surface area contributed by atoms with Crippen molar-refractivity contribution in [1.82, 2.24) is 9.97 Å². The topological polar surface area (TPSA) is 35.0 Å². The van der Waals surface area contributed by atoms with Crippen molar-refractivity contribution < 1.29 is 17.9 Å². The van der Waals surface area contributed by atoms with E-state index in [9.17, 15) is 13.2 Å². The number of benzene rings is 1. The summed E-state index contributed by atoms with van der Waals surface area (Å²) in [5.41, 5.74) is 0.767. The van der Waals surface area contributed by atoms with Crippen LogP contribution in [0, 0.1) is 0 Å². The molecule has 0 spiro atoms. The maximum Gasteiger partial charge on any atom is 0.395 e. The van der Waals surface area contributed by atoms with Gasteiger partial charge in [-0.15, -0.1) is 0 Å². The van der Waals surface area contributed by atoms with Gasteiger partial charge in [0.05, 0.1) is 23.9 Å². The monoisotopic (exact) mass is 270 g/mol. The summed E-state index contributed by atoms with van der Waals surface area (Å²) in [5.74, 6) is -1.20. The first-order chi connectivity index (χ1) is 8.97. The Labute approximate surface area is 108 Å². The van der Waals surface area contributed by atoms with Crippen LogP contribution in [0.15, 0.2) is 24.5 Å². The molecule has 1 heterocycles. The summed E-state index contributed by atoms with van der Waals surface area (Å²) in [6, 6.07) is 4.47. The highest BCUT2D eigenvalue weighted by Gasteiger charge is 2.39. The highest BCUT2D eigenvalue weighted by Crippen LogP contribution is 2.38. The van der Waals surface area contributed by atoms with Crippen molar-refractivity contribution in [2.75, 3.05) is 7.11 Å². The molecule has 1 aromatic heterocycles. The van der Waals surface area contributed by atoms with Crippen LogP contribution in [-0.2, 0) is 0 Å². The Morgan fingerprint density at radius 2 is 2.00 bits per heavy atom. The van der Waals surface area contributed by atoms with Gasteiger partial charge in [0, 0.05) is 0 Å². The third-order valence-corrected chi connectivity index (χ3v) is 3.02. The first-order valence-electron chi connectivity index (χ1n) is 5.82. The third-order valence-electron chi connectivity index (χ3n) is 3.02. The smallest absolute Gasteiger partial charge is 0.395 e. The van der Waals surface area contributed by atoms with E-state index in [0.29, 0.717) is 10.9 Å². The predicted molar refractivity (Wildman–Crippen MR) is 65.2 cm³/mol. The lowest BCUT2D eigenvalue weighted by Gasteiger charge is -2.19. The zero-order chi connectivity index (χ0) is 14.0. The molecule has 0 saturated carbocycles. The summed E-state index contributed by atoms with van der Waals surface area (Å²) in [6.45, 7) is 1.51. The largest absolute Gasteiger partial charge is 0.480 e. The Morgan fingerprint density at radius 1 is 1.26 bits per heavy atom. The zero-order valence-electron chi connectivity index (χ0n) is 10.5. The molecule has 0 amide bonds. The zero-order valence-corrected chi connectivity index (χ0v) is 10.5. The van der Waals surface area contributed by atoms with Gasteiger partial charge in [-0.25, -0.2) is 9.97 Å². The first-order valence-corrected chi connectivity index (χ1v) is 5.82. The normalized spacial score (nSPS) is 13.5. The number of alkyl halides is 3. The number of ether oxygens (including phenoxy) is 1. The van der Waals surface area contributed by atoms with Crippen LogP contribution < -0.4 is 4.74 Å². The SMILES string of the molecule is CCC(c1ccc2ncnc(OC)c2c1)C(F)(F)F. The van der Waals surface area contributed by atoms with Gasteiger partial charge in [-0.1, -0.05) is 13.0 Å². The second-order valence-electron chi connectivity index (χ2n) is 4.16. The van der Waals surface area contributed by atoms with Gasteiger partial charge in [0.1, 0.15) is 6.33 Å². The van der Waals surface area contributed by atoms with E-state index in [0.717, 1.165) is 0 Å². The molecule has 1 aromatic carbocycles. The number of methoxy groups -OCH3 is 1. The van der Waals surface area contributed by atoms with E-state index >= 15 is 0 Å². The van der Waals surface area contributed by atoms with Gasteiger partial charge in [-0.2, -0.15) is 13.2 Å². The summed E-state index contributed by atoms with van der Waals surface area (Å²) in [7, 11) is 1.43. The van der Waals surface area contributed by atoms with Crippen molar-refractivity contribution in [3.05, 3.63) is 30.1 Å².